The molecule has 3 nitrogen and oxygen atoms in total. The third-order valence-corrected chi connectivity index (χ3v) is 3.20. The number of fused-ring (bicyclic) bond motifs is 1. The zero-order valence-electron chi connectivity index (χ0n) is 11.1. The Morgan fingerprint density at radius 2 is 2.11 bits per heavy atom. The average molecular weight is 245 g/mol. The van der Waals surface area contributed by atoms with Crippen LogP contribution in [0.25, 0.3) is 10.9 Å². The highest BCUT2D eigenvalue weighted by Gasteiger charge is 2.04. The van der Waals surface area contributed by atoms with E-state index in [1.54, 1.807) is 0 Å². The summed E-state index contributed by atoms with van der Waals surface area (Å²) in [5, 5.41) is 3.32. The molecule has 96 valence electrons. The van der Waals surface area contributed by atoms with Gasteiger partial charge in [0.2, 0.25) is 0 Å². The lowest BCUT2D eigenvalue weighted by Gasteiger charge is -2.04. The van der Waals surface area contributed by atoms with Gasteiger partial charge in [0.05, 0.1) is 12.1 Å². The zero-order chi connectivity index (χ0) is 13.0. The minimum absolute atomic E-state index is 0.0408. The first kappa shape index (κ1) is 12.8. The SMILES string of the molecule is CCCC[NH2+]Cc1cc2cc(C)ccc2[nH]c1=O. The minimum atomic E-state index is 0.0408. The number of quaternary nitrogens is 1. The molecule has 0 radical (unpaired) electrons. The highest BCUT2D eigenvalue weighted by molar-refractivity contribution is 5.79. The molecule has 0 saturated heterocycles. The van der Waals surface area contributed by atoms with Gasteiger partial charge in [-0.3, -0.25) is 4.79 Å². The van der Waals surface area contributed by atoms with Crippen molar-refractivity contribution >= 4 is 10.9 Å². The number of rotatable bonds is 5. The number of hydrogen-bond donors (Lipinski definition) is 2. The highest BCUT2D eigenvalue weighted by atomic mass is 16.1. The molecule has 1 aromatic heterocycles. The van der Waals surface area contributed by atoms with Crippen molar-refractivity contribution in [3.63, 3.8) is 0 Å². The lowest BCUT2D eigenvalue weighted by molar-refractivity contribution is -0.671. The van der Waals surface area contributed by atoms with Crippen molar-refractivity contribution in [3.05, 3.63) is 45.7 Å². The van der Waals surface area contributed by atoms with E-state index in [1.165, 1.54) is 18.4 Å². The van der Waals surface area contributed by atoms with Gasteiger partial charge in [0.1, 0.15) is 6.54 Å². The predicted molar refractivity (Wildman–Crippen MR) is 74.7 cm³/mol. The second-order valence-corrected chi connectivity index (χ2v) is 4.85. The standard InChI is InChI=1S/C15H20N2O/c1-3-4-7-16-10-13-9-12-8-11(2)5-6-14(12)17-15(13)18/h5-6,8-9,16H,3-4,7,10H2,1-2H3,(H,17,18)/p+1. The molecule has 18 heavy (non-hydrogen) atoms. The fourth-order valence-corrected chi connectivity index (χ4v) is 2.13. The minimum Gasteiger partial charge on any atom is -0.342 e. The van der Waals surface area contributed by atoms with Crippen LogP contribution in [0.15, 0.2) is 29.1 Å². The molecule has 0 unspecified atom stereocenters. The second-order valence-electron chi connectivity index (χ2n) is 4.85. The summed E-state index contributed by atoms with van der Waals surface area (Å²) >= 11 is 0. The molecule has 1 aromatic carbocycles. The van der Waals surface area contributed by atoms with E-state index in [2.05, 4.69) is 30.2 Å². The first-order valence-electron chi connectivity index (χ1n) is 6.65. The molecule has 0 spiro atoms. The van der Waals surface area contributed by atoms with Gasteiger partial charge in [-0.2, -0.15) is 0 Å². The van der Waals surface area contributed by atoms with E-state index < -0.39 is 0 Å². The van der Waals surface area contributed by atoms with Gasteiger partial charge in [-0.05, 0) is 36.9 Å². The lowest BCUT2D eigenvalue weighted by Crippen LogP contribution is -2.82. The molecule has 0 bridgehead atoms. The molecule has 0 aliphatic rings. The van der Waals surface area contributed by atoms with Crippen molar-refractivity contribution in [1.29, 1.82) is 0 Å². The third kappa shape index (κ3) is 2.99. The van der Waals surface area contributed by atoms with Crippen LogP contribution in [-0.4, -0.2) is 11.5 Å². The molecular formula is C15H21N2O+. The number of H-pyrrole nitrogens is 1. The van der Waals surface area contributed by atoms with Crippen LogP contribution in [0.5, 0.6) is 0 Å². The lowest BCUT2D eigenvalue weighted by atomic mass is 10.1. The van der Waals surface area contributed by atoms with Crippen molar-refractivity contribution < 1.29 is 5.32 Å². The summed E-state index contributed by atoms with van der Waals surface area (Å²) in [4.78, 5) is 14.9. The molecule has 2 aromatic rings. The van der Waals surface area contributed by atoms with Crippen molar-refractivity contribution in [3.8, 4) is 0 Å². The third-order valence-electron chi connectivity index (χ3n) is 3.20. The van der Waals surface area contributed by atoms with E-state index in [4.69, 9.17) is 0 Å². The van der Waals surface area contributed by atoms with Gasteiger partial charge >= 0.3 is 0 Å². The summed E-state index contributed by atoms with van der Waals surface area (Å²) in [6, 6.07) is 8.12. The average Bonchev–Trinajstić information content (AvgIpc) is 2.35. The van der Waals surface area contributed by atoms with Crippen molar-refractivity contribution in [2.45, 2.75) is 33.2 Å². The molecule has 0 saturated carbocycles. The Bertz CT molecular complexity index is 587. The number of aromatic amines is 1. The van der Waals surface area contributed by atoms with Crippen molar-refractivity contribution in [2.75, 3.05) is 6.54 Å². The summed E-state index contributed by atoms with van der Waals surface area (Å²) in [5.41, 5.74) is 3.04. The number of unbranched alkanes of at least 4 members (excludes halogenated alkanes) is 1. The van der Waals surface area contributed by atoms with Crippen LogP contribution in [0.3, 0.4) is 0 Å². The number of pyridine rings is 1. The molecule has 3 heteroatoms. The smallest absolute Gasteiger partial charge is 0.257 e. The number of hydrogen-bond acceptors (Lipinski definition) is 1. The largest absolute Gasteiger partial charge is 0.342 e. The number of aryl methyl sites for hydroxylation is 1. The predicted octanol–water partition coefficient (Wildman–Crippen LogP) is 1.70. The summed E-state index contributed by atoms with van der Waals surface area (Å²) in [6.45, 7) is 6.10. The van der Waals surface area contributed by atoms with E-state index >= 15 is 0 Å². The van der Waals surface area contributed by atoms with Gasteiger partial charge in [-0.25, -0.2) is 0 Å². The summed E-state index contributed by atoms with van der Waals surface area (Å²) < 4.78 is 0. The van der Waals surface area contributed by atoms with Crippen LogP contribution in [-0.2, 0) is 6.54 Å². The summed E-state index contributed by atoms with van der Waals surface area (Å²) in [7, 11) is 0. The van der Waals surface area contributed by atoms with Crippen LogP contribution in [0.4, 0.5) is 0 Å². The van der Waals surface area contributed by atoms with Crippen LogP contribution in [0, 0.1) is 6.92 Å². The van der Waals surface area contributed by atoms with Gasteiger partial charge in [0.15, 0.2) is 0 Å². The maximum atomic E-state index is 11.9. The quantitative estimate of drug-likeness (QED) is 0.774. The molecular weight excluding hydrogens is 224 g/mol. The molecule has 3 N–H and O–H groups in total. The van der Waals surface area contributed by atoms with Crippen molar-refractivity contribution in [1.82, 2.24) is 4.98 Å². The molecule has 0 aliphatic carbocycles. The van der Waals surface area contributed by atoms with E-state index in [0.29, 0.717) is 0 Å². The fourth-order valence-electron chi connectivity index (χ4n) is 2.13. The monoisotopic (exact) mass is 245 g/mol. The van der Waals surface area contributed by atoms with Gasteiger partial charge in [-0.1, -0.05) is 25.0 Å². The highest BCUT2D eigenvalue weighted by Crippen LogP contribution is 2.12. The van der Waals surface area contributed by atoms with E-state index in [0.717, 1.165) is 29.6 Å². The molecule has 1 heterocycles. The molecule has 0 atom stereocenters. The summed E-state index contributed by atoms with van der Waals surface area (Å²) in [6.07, 6.45) is 2.40. The summed E-state index contributed by atoms with van der Waals surface area (Å²) in [5.74, 6) is 0. The van der Waals surface area contributed by atoms with Crippen molar-refractivity contribution in [2.24, 2.45) is 0 Å². The number of nitrogens with one attached hydrogen (secondary N) is 1. The van der Waals surface area contributed by atoms with Gasteiger partial charge in [0, 0.05) is 5.52 Å². The Morgan fingerprint density at radius 1 is 1.28 bits per heavy atom. The number of aromatic nitrogens is 1. The van der Waals surface area contributed by atoms with Gasteiger partial charge < -0.3 is 10.3 Å². The maximum absolute atomic E-state index is 11.9. The van der Waals surface area contributed by atoms with E-state index in [9.17, 15) is 4.79 Å². The van der Waals surface area contributed by atoms with Crippen LogP contribution >= 0.6 is 0 Å². The fraction of sp³-hybridized carbons (Fsp3) is 0.400. The molecule has 2 rings (SSSR count). The van der Waals surface area contributed by atoms with Gasteiger partial charge in [-0.15, -0.1) is 0 Å². The van der Waals surface area contributed by atoms with Crippen LogP contribution < -0.4 is 10.9 Å². The first-order valence-corrected chi connectivity index (χ1v) is 6.65. The Kier molecular flexibility index (Phi) is 4.15. The Morgan fingerprint density at radius 3 is 2.89 bits per heavy atom. The Hall–Kier alpha value is -1.61. The van der Waals surface area contributed by atoms with Gasteiger partial charge in [0.25, 0.3) is 5.56 Å². The zero-order valence-corrected chi connectivity index (χ0v) is 11.1. The van der Waals surface area contributed by atoms with Crippen LogP contribution in [0.2, 0.25) is 0 Å². The molecule has 0 fully saturated rings. The van der Waals surface area contributed by atoms with E-state index in [-0.39, 0.29) is 5.56 Å². The second kappa shape index (κ2) is 5.83. The Balaban J connectivity index is 2.22. The first-order chi connectivity index (χ1) is 8.70. The normalized spacial score (nSPS) is 11.0. The molecule has 0 aliphatic heterocycles. The number of benzene rings is 1. The van der Waals surface area contributed by atoms with Crippen LogP contribution in [0.1, 0.15) is 30.9 Å². The Labute approximate surface area is 107 Å². The topological polar surface area (TPSA) is 49.5 Å². The van der Waals surface area contributed by atoms with E-state index in [1.807, 2.05) is 18.2 Å². The molecule has 0 amide bonds. The maximum Gasteiger partial charge on any atom is 0.257 e. The number of nitrogens with two attached hydrogens (primary N) is 1.